The number of alkyl halides is 3. The van der Waals surface area contributed by atoms with Gasteiger partial charge in [0, 0.05) is 31.4 Å². The van der Waals surface area contributed by atoms with Gasteiger partial charge in [-0.15, -0.1) is 0 Å². The van der Waals surface area contributed by atoms with E-state index in [1.165, 1.54) is 0 Å². The van der Waals surface area contributed by atoms with Crippen LogP contribution in [0.15, 0.2) is 36.5 Å². The maximum Gasteiger partial charge on any atom is 0.416 e. The van der Waals surface area contributed by atoms with Gasteiger partial charge in [-0.25, -0.2) is 0 Å². The number of hydrogen-bond acceptors (Lipinski definition) is 2. The third-order valence-corrected chi connectivity index (χ3v) is 3.44. The number of halogens is 3. The topological polar surface area (TPSA) is 15.3 Å². The molecule has 1 unspecified atom stereocenters. The maximum atomic E-state index is 12.5. The Kier molecular flexibility index (Phi) is 3.85. The molecule has 1 aliphatic heterocycles. The van der Waals surface area contributed by atoms with Gasteiger partial charge in [-0.05, 0) is 24.6 Å². The van der Waals surface area contributed by atoms with E-state index in [4.69, 9.17) is 0 Å². The molecule has 19 heavy (non-hydrogen) atoms. The monoisotopic (exact) mass is 270 g/mol. The number of nitrogens with zero attached hydrogens (tertiary/aromatic N) is 1. The molecule has 0 spiro atoms. The summed E-state index contributed by atoms with van der Waals surface area (Å²) in [6.07, 6.45) is -4.27. The molecule has 1 aromatic carbocycles. The molecule has 2 nitrogen and oxygen atoms in total. The van der Waals surface area contributed by atoms with E-state index in [-0.39, 0.29) is 6.04 Å². The molecule has 1 saturated heterocycles. The van der Waals surface area contributed by atoms with Crippen LogP contribution in [0.1, 0.15) is 24.1 Å². The molecular weight excluding hydrogens is 253 g/mol. The SMILES string of the molecule is C=C1CN(C(C)c2ccc(C(F)(F)F)cc2)CCN1. The molecule has 1 fully saturated rings. The molecule has 0 aromatic heterocycles. The van der Waals surface area contributed by atoms with Crippen molar-refractivity contribution in [2.24, 2.45) is 0 Å². The van der Waals surface area contributed by atoms with Crippen molar-refractivity contribution in [1.29, 1.82) is 0 Å². The highest BCUT2D eigenvalue weighted by Gasteiger charge is 2.30. The van der Waals surface area contributed by atoms with E-state index in [1.807, 2.05) is 6.92 Å². The molecule has 1 N–H and O–H groups in total. The van der Waals surface area contributed by atoms with Crippen molar-refractivity contribution in [2.45, 2.75) is 19.1 Å². The molecule has 1 aromatic rings. The van der Waals surface area contributed by atoms with Crippen LogP contribution in [0.3, 0.4) is 0 Å². The van der Waals surface area contributed by atoms with Crippen molar-refractivity contribution in [3.8, 4) is 0 Å². The number of benzene rings is 1. The minimum absolute atomic E-state index is 0.0844. The van der Waals surface area contributed by atoms with Crippen molar-refractivity contribution < 1.29 is 13.2 Å². The number of nitrogens with one attached hydrogen (secondary N) is 1. The Bertz CT molecular complexity index is 451. The fourth-order valence-corrected chi connectivity index (χ4v) is 2.25. The summed E-state index contributed by atoms with van der Waals surface area (Å²) < 4.78 is 37.5. The van der Waals surface area contributed by atoms with Crippen molar-refractivity contribution in [3.63, 3.8) is 0 Å². The zero-order valence-electron chi connectivity index (χ0n) is 10.8. The zero-order chi connectivity index (χ0) is 14.0. The molecule has 0 amide bonds. The van der Waals surface area contributed by atoms with Crippen molar-refractivity contribution in [2.75, 3.05) is 19.6 Å². The minimum atomic E-state index is -4.27. The van der Waals surface area contributed by atoms with E-state index in [1.54, 1.807) is 12.1 Å². The molecular formula is C14H17F3N2. The van der Waals surface area contributed by atoms with E-state index in [9.17, 15) is 13.2 Å². The summed E-state index contributed by atoms with van der Waals surface area (Å²) in [5.41, 5.74) is 1.24. The lowest BCUT2D eigenvalue weighted by Gasteiger charge is -2.34. The van der Waals surface area contributed by atoms with Crippen LogP contribution < -0.4 is 5.32 Å². The Balaban J connectivity index is 2.11. The van der Waals surface area contributed by atoms with E-state index in [2.05, 4.69) is 16.8 Å². The summed E-state index contributed by atoms with van der Waals surface area (Å²) in [6.45, 7) is 8.30. The van der Waals surface area contributed by atoms with Gasteiger partial charge in [0.2, 0.25) is 0 Å². The molecule has 0 bridgehead atoms. The Morgan fingerprint density at radius 2 is 1.89 bits per heavy atom. The Morgan fingerprint density at radius 3 is 2.42 bits per heavy atom. The third-order valence-electron chi connectivity index (χ3n) is 3.44. The second kappa shape index (κ2) is 5.25. The standard InChI is InChI=1S/C14H17F3N2/c1-10-9-19(8-7-18-10)11(2)12-3-5-13(6-4-12)14(15,16)17/h3-6,11,18H,1,7-9H2,2H3. The average molecular weight is 270 g/mol. The van der Waals surface area contributed by atoms with Gasteiger partial charge in [0.05, 0.1) is 5.56 Å². The van der Waals surface area contributed by atoms with Gasteiger partial charge in [-0.1, -0.05) is 18.7 Å². The first-order valence-electron chi connectivity index (χ1n) is 6.21. The summed E-state index contributed by atoms with van der Waals surface area (Å²) in [6, 6.07) is 5.48. The van der Waals surface area contributed by atoms with Crippen LogP contribution in [0.4, 0.5) is 13.2 Å². The van der Waals surface area contributed by atoms with E-state index < -0.39 is 11.7 Å². The Morgan fingerprint density at radius 1 is 1.26 bits per heavy atom. The number of rotatable bonds is 2. The molecule has 0 radical (unpaired) electrons. The second-order valence-electron chi connectivity index (χ2n) is 4.80. The Hall–Kier alpha value is -1.49. The highest BCUT2D eigenvalue weighted by atomic mass is 19.4. The molecule has 0 saturated carbocycles. The average Bonchev–Trinajstić information content (AvgIpc) is 2.37. The van der Waals surface area contributed by atoms with Gasteiger partial charge < -0.3 is 5.32 Å². The van der Waals surface area contributed by atoms with Crippen LogP contribution in [0.5, 0.6) is 0 Å². The maximum absolute atomic E-state index is 12.5. The summed E-state index contributed by atoms with van der Waals surface area (Å²) >= 11 is 0. The quantitative estimate of drug-likeness (QED) is 0.888. The van der Waals surface area contributed by atoms with Gasteiger partial charge in [-0.2, -0.15) is 13.2 Å². The van der Waals surface area contributed by atoms with Gasteiger partial charge in [0.15, 0.2) is 0 Å². The smallest absolute Gasteiger partial charge is 0.386 e. The summed E-state index contributed by atoms with van der Waals surface area (Å²) in [7, 11) is 0. The largest absolute Gasteiger partial charge is 0.416 e. The summed E-state index contributed by atoms with van der Waals surface area (Å²) in [5, 5.41) is 3.16. The van der Waals surface area contributed by atoms with Gasteiger partial charge >= 0.3 is 6.18 Å². The lowest BCUT2D eigenvalue weighted by Crippen LogP contribution is -2.42. The van der Waals surface area contributed by atoms with Crippen molar-refractivity contribution in [3.05, 3.63) is 47.7 Å². The van der Waals surface area contributed by atoms with Crippen LogP contribution in [0.2, 0.25) is 0 Å². The second-order valence-corrected chi connectivity index (χ2v) is 4.80. The van der Waals surface area contributed by atoms with Crippen LogP contribution >= 0.6 is 0 Å². The van der Waals surface area contributed by atoms with Crippen LogP contribution in [-0.2, 0) is 6.18 Å². The third kappa shape index (κ3) is 3.29. The molecule has 104 valence electrons. The van der Waals surface area contributed by atoms with E-state index in [0.29, 0.717) is 0 Å². The summed E-state index contributed by atoms with van der Waals surface area (Å²) in [5.74, 6) is 0. The van der Waals surface area contributed by atoms with Crippen LogP contribution in [0.25, 0.3) is 0 Å². The highest BCUT2D eigenvalue weighted by Crippen LogP contribution is 2.30. The number of hydrogen-bond donors (Lipinski definition) is 1. The predicted octanol–water partition coefficient (Wildman–Crippen LogP) is 3.19. The predicted molar refractivity (Wildman–Crippen MR) is 68.6 cm³/mol. The highest BCUT2D eigenvalue weighted by molar-refractivity contribution is 5.27. The van der Waals surface area contributed by atoms with E-state index >= 15 is 0 Å². The van der Waals surface area contributed by atoms with Crippen LogP contribution in [0, 0.1) is 0 Å². The normalized spacial score (nSPS) is 19.1. The minimum Gasteiger partial charge on any atom is -0.386 e. The fraction of sp³-hybridized carbons (Fsp3) is 0.429. The summed E-state index contributed by atoms with van der Waals surface area (Å²) in [4.78, 5) is 2.20. The molecule has 1 atom stereocenters. The van der Waals surface area contributed by atoms with Gasteiger partial charge in [0.1, 0.15) is 0 Å². The lowest BCUT2D eigenvalue weighted by atomic mass is 10.0. The first-order valence-corrected chi connectivity index (χ1v) is 6.21. The number of piperazine rings is 1. The lowest BCUT2D eigenvalue weighted by molar-refractivity contribution is -0.137. The van der Waals surface area contributed by atoms with E-state index in [0.717, 1.165) is 43.0 Å². The molecule has 0 aliphatic carbocycles. The molecule has 2 rings (SSSR count). The van der Waals surface area contributed by atoms with Gasteiger partial charge in [0.25, 0.3) is 0 Å². The van der Waals surface area contributed by atoms with Crippen molar-refractivity contribution >= 4 is 0 Å². The van der Waals surface area contributed by atoms with Crippen LogP contribution in [-0.4, -0.2) is 24.5 Å². The fourth-order valence-electron chi connectivity index (χ4n) is 2.25. The first-order chi connectivity index (χ1) is 8.88. The molecule has 1 heterocycles. The Labute approximate surface area is 110 Å². The first kappa shape index (κ1) is 13.9. The zero-order valence-corrected chi connectivity index (χ0v) is 10.8. The molecule has 5 heteroatoms. The van der Waals surface area contributed by atoms with Gasteiger partial charge in [-0.3, -0.25) is 4.90 Å². The molecule has 1 aliphatic rings. The van der Waals surface area contributed by atoms with Crippen molar-refractivity contribution in [1.82, 2.24) is 10.2 Å².